The number of ether oxygens (including phenoxy) is 3. The van der Waals surface area contributed by atoms with Gasteiger partial charge in [-0.25, -0.2) is 0 Å². The Kier molecular flexibility index (Phi) is 41.0. The molecule has 0 N–H and O–H groups in total. The third-order valence-electron chi connectivity index (χ3n) is 9.10. The minimum Gasteiger partial charge on any atom is -0.461 e. The van der Waals surface area contributed by atoms with Crippen molar-refractivity contribution < 1.29 is 23.8 Å². The Bertz CT molecular complexity index is 915. The van der Waals surface area contributed by atoms with Gasteiger partial charge in [-0.05, 0) is 44.9 Å². The molecule has 300 valence electrons. The van der Waals surface area contributed by atoms with E-state index in [1.165, 1.54) is 109 Å². The van der Waals surface area contributed by atoms with Crippen molar-refractivity contribution in [1.29, 1.82) is 0 Å². The Balaban J connectivity index is 4.35. The fourth-order valence-corrected chi connectivity index (χ4v) is 5.88. The highest BCUT2D eigenvalue weighted by Crippen LogP contribution is 2.13. The Morgan fingerprint density at radius 2 is 0.846 bits per heavy atom. The molecule has 1 atom stereocenters. The molecule has 0 radical (unpaired) electrons. The summed E-state index contributed by atoms with van der Waals surface area (Å²) in [5.41, 5.74) is 0. The lowest BCUT2D eigenvalue weighted by Gasteiger charge is -2.18. The van der Waals surface area contributed by atoms with Gasteiger partial charge in [-0.1, -0.05) is 204 Å². The van der Waals surface area contributed by atoms with E-state index < -0.39 is 6.10 Å². The fourth-order valence-electron chi connectivity index (χ4n) is 5.88. The van der Waals surface area contributed by atoms with E-state index in [1.54, 1.807) is 0 Å². The maximum Gasteiger partial charge on any atom is 0.309 e. The molecule has 5 heteroatoms. The van der Waals surface area contributed by atoms with Gasteiger partial charge in [0.15, 0.2) is 6.10 Å². The lowest BCUT2D eigenvalue weighted by molar-refractivity contribution is -0.162. The zero-order valence-electron chi connectivity index (χ0n) is 34.3. The second-order valence-electron chi connectivity index (χ2n) is 14.2. The number of carbonyl (C=O) groups is 2. The van der Waals surface area contributed by atoms with E-state index in [0.717, 1.165) is 57.8 Å². The van der Waals surface area contributed by atoms with Crippen LogP contribution in [0.5, 0.6) is 0 Å². The monoisotopic (exact) mass is 727 g/mol. The highest BCUT2D eigenvalue weighted by atomic mass is 16.6. The first-order valence-electron chi connectivity index (χ1n) is 21.8. The van der Waals surface area contributed by atoms with E-state index in [2.05, 4.69) is 69.4 Å². The van der Waals surface area contributed by atoms with Crippen LogP contribution in [-0.2, 0) is 23.8 Å². The maximum atomic E-state index is 12.6. The van der Waals surface area contributed by atoms with Gasteiger partial charge < -0.3 is 14.2 Å². The average Bonchev–Trinajstić information content (AvgIpc) is 3.14. The summed E-state index contributed by atoms with van der Waals surface area (Å²) < 4.78 is 17.2. The molecule has 0 aliphatic heterocycles. The number of allylic oxidation sites excluding steroid dienone is 9. The first-order chi connectivity index (χ1) is 25.6. The number of esters is 2. The summed E-state index contributed by atoms with van der Waals surface area (Å²) in [5.74, 6) is -0.543. The molecule has 0 rings (SSSR count). The summed E-state index contributed by atoms with van der Waals surface area (Å²) in [6.07, 6.45) is 52.4. The summed E-state index contributed by atoms with van der Waals surface area (Å²) in [4.78, 5) is 25.1. The fraction of sp³-hybridized carbons (Fsp3) is 0.745. The van der Waals surface area contributed by atoms with Crippen LogP contribution in [0.3, 0.4) is 0 Å². The van der Waals surface area contributed by atoms with Crippen molar-refractivity contribution in [3.8, 4) is 0 Å². The second kappa shape index (κ2) is 43.0. The Morgan fingerprint density at radius 1 is 0.442 bits per heavy atom. The molecule has 0 saturated carbocycles. The van der Waals surface area contributed by atoms with Crippen LogP contribution in [-0.4, -0.2) is 37.9 Å². The average molecular weight is 727 g/mol. The van der Waals surface area contributed by atoms with E-state index in [9.17, 15) is 9.59 Å². The van der Waals surface area contributed by atoms with E-state index in [1.807, 2.05) is 12.2 Å². The molecule has 0 saturated heterocycles. The van der Waals surface area contributed by atoms with Gasteiger partial charge in [0, 0.05) is 13.0 Å². The molecule has 5 nitrogen and oxygen atoms in total. The van der Waals surface area contributed by atoms with Crippen molar-refractivity contribution in [3.63, 3.8) is 0 Å². The summed E-state index contributed by atoms with van der Waals surface area (Å²) in [7, 11) is 0. The molecule has 0 bridgehead atoms. The molecule has 52 heavy (non-hydrogen) atoms. The molecule has 1 unspecified atom stereocenters. The number of unbranched alkanes of at least 4 members (excludes halogenated alkanes) is 19. The van der Waals surface area contributed by atoms with Crippen molar-refractivity contribution in [1.82, 2.24) is 0 Å². The van der Waals surface area contributed by atoms with Gasteiger partial charge in [-0.2, -0.15) is 0 Å². The maximum absolute atomic E-state index is 12.6. The van der Waals surface area contributed by atoms with Gasteiger partial charge in [0.25, 0.3) is 0 Å². The quantitative estimate of drug-likeness (QED) is 0.0358. The smallest absolute Gasteiger partial charge is 0.309 e. The summed E-state index contributed by atoms with van der Waals surface area (Å²) >= 11 is 0. The highest BCUT2D eigenvalue weighted by Gasteiger charge is 2.17. The van der Waals surface area contributed by atoms with Crippen LogP contribution in [0.1, 0.15) is 201 Å². The van der Waals surface area contributed by atoms with Gasteiger partial charge in [0.1, 0.15) is 6.61 Å². The van der Waals surface area contributed by atoms with Crippen molar-refractivity contribution >= 4 is 11.9 Å². The van der Waals surface area contributed by atoms with Crippen LogP contribution in [0, 0.1) is 0 Å². The van der Waals surface area contributed by atoms with Crippen LogP contribution in [0.2, 0.25) is 0 Å². The summed E-state index contributed by atoms with van der Waals surface area (Å²) in [6, 6.07) is 0. The van der Waals surface area contributed by atoms with Gasteiger partial charge in [0.05, 0.1) is 13.0 Å². The topological polar surface area (TPSA) is 61.8 Å². The minimum atomic E-state index is -0.569. The van der Waals surface area contributed by atoms with Crippen LogP contribution >= 0.6 is 0 Å². The predicted octanol–water partition coefficient (Wildman–Crippen LogP) is 14.2. The highest BCUT2D eigenvalue weighted by molar-refractivity contribution is 5.71. The van der Waals surface area contributed by atoms with Crippen molar-refractivity contribution in [2.24, 2.45) is 0 Å². The largest absolute Gasteiger partial charge is 0.461 e. The lowest BCUT2D eigenvalue weighted by Crippen LogP contribution is -2.30. The number of carbonyl (C=O) groups excluding carboxylic acids is 2. The SMILES string of the molecule is CC/C=C\C/C=C\C/C=C\C/C=C\C/C=C\CC(=O)OCC(COCCCCCCCCCCCCCC)OC(=O)CCCCCCCCCCC. The van der Waals surface area contributed by atoms with Crippen molar-refractivity contribution in [3.05, 3.63) is 60.8 Å². The molecule has 0 aliphatic rings. The Labute approximate surface area is 322 Å². The van der Waals surface area contributed by atoms with Gasteiger partial charge in [-0.3, -0.25) is 9.59 Å². The molecule has 0 aromatic carbocycles. The molecular formula is C47H82O5. The lowest BCUT2D eigenvalue weighted by atomic mass is 10.1. The Hall–Kier alpha value is -2.40. The van der Waals surface area contributed by atoms with Crippen LogP contribution in [0.15, 0.2) is 60.8 Å². The molecule has 0 aliphatic carbocycles. The van der Waals surface area contributed by atoms with Crippen molar-refractivity contribution in [2.45, 2.75) is 207 Å². The standard InChI is InChI=1S/C47H82O5/c1-4-7-10-13-16-19-21-23-24-25-26-29-31-34-37-40-46(48)51-44-45(52-47(49)41-38-35-32-28-18-15-12-9-6-3)43-50-42-39-36-33-30-27-22-20-17-14-11-8-5-2/h7,10,16,19,23-24,26,29,34,37,45H,4-6,8-9,11-15,17-18,20-22,25,27-28,30-33,35-36,38-44H2,1-3H3/b10-7-,19-16-,24-23-,29-26-,37-34-. The van der Waals surface area contributed by atoms with E-state index >= 15 is 0 Å². The van der Waals surface area contributed by atoms with Crippen molar-refractivity contribution in [2.75, 3.05) is 19.8 Å². The summed E-state index contributed by atoms with van der Waals surface area (Å²) in [5, 5.41) is 0. The van der Waals surface area contributed by atoms with E-state index in [4.69, 9.17) is 14.2 Å². The number of rotatable bonds is 39. The molecule has 0 aromatic heterocycles. The van der Waals surface area contributed by atoms with Gasteiger partial charge >= 0.3 is 11.9 Å². The zero-order chi connectivity index (χ0) is 37.8. The minimum absolute atomic E-state index is 0.0332. The third kappa shape index (κ3) is 40.4. The first-order valence-corrected chi connectivity index (χ1v) is 21.8. The molecule has 0 fully saturated rings. The predicted molar refractivity (Wildman–Crippen MR) is 224 cm³/mol. The van der Waals surface area contributed by atoms with E-state index in [-0.39, 0.29) is 31.6 Å². The van der Waals surface area contributed by atoms with Crippen LogP contribution in [0.25, 0.3) is 0 Å². The molecule has 0 spiro atoms. The zero-order valence-corrected chi connectivity index (χ0v) is 34.3. The van der Waals surface area contributed by atoms with Gasteiger partial charge in [-0.15, -0.1) is 0 Å². The normalized spacial score (nSPS) is 12.8. The third-order valence-corrected chi connectivity index (χ3v) is 9.10. The molecular weight excluding hydrogens is 645 g/mol. The first kappa shape index (κ1) is 49.6. The summed E-state index contributed by atoms with van der Waals surface area (Å²) in [6.45, 7) is 7.59. The van der Waals surface area contributed by atoms with Crippen LogP contribution < -0.4 is 0 Å². The van der Waals surface area contributed by atoms with Gasteiger partial charge in [0.2, 0.25) is 0 Å². The number of hydrogen-bond acceptors (Lipinski definition) is 5. The molecule has 0 aromatic rings. The Morgan fingerprint density at radius 3 is 1.31 bits per heavy atom. The molecule has 0 heterocycles. The van der Waals surface area contributed by atoms with Crippen LogP contribution in [0.4, 0.5) is 0 Å². The van der Waals surface area contributed by atoms with E-state index in [0.29, 0.717) is 13.0 Å². The second-order valence-corrected chi connectivity index (χ2v) is 14.2. The molecule has 0 amide bonds. The number of hydrogen-bond donors (Lipinski definition) is 0.